The minimum atomic E-state index is -1.28. The predicted octanol–water partition coefficient (Wildman–Crippen LogP) is 2.36. The highest BCUT2D eigenvalue weighted by molar-refractivity contribution is 8.24. The van der Waals surface area contributed by atoms with E-state index in [0.29, 0.717) is 10.7 Å². The van der Waals surface area contributed by atoms with Crippen molar-refractivity contribution in [2.45, 2.75) is 36.8 Å². The third kappa shape index (κ3) is 8.10. The molecule has 1 amide bonds. The summed E-state index contributed by atoms with van der Waals surface area (Å²) in [7, 11) is 2.44. The fraction of sp³-hybridized carbons (Fsp3) is 0.450. The maximum Gasteiger partial charge on any atom is 0.356 e. The average molecular weight is 453 g/mol. The summed E-state index contributed by atoms with van der Waals surface area (Å²) in [5.41, 5.74) is -0.224. The number of thioether (sulfide) groups is 1. The zero-order chi connectivity index (χ0) is 22.6. The van der Waals surface area contributed by atoms with Crippen LogP contribution >= 0.6 is 24.0 Å². The van der Waals surface area contributed by atoms with E-state index in [2.05, 4.69) is 14.9 Å². The molecule has 162 valence electrons. The first-order chi connectivity index (χ1) is 14.3. The fourth-order valence-corrected chi connectivity index (χ4v) is 4.07. The van der Waals surface area contributed by atoms with Gasteiger partial charge in [-0.05, 0) is 5.56 Å². The van der Waals surface area contributed by atoms with Crippen LogP contribution in [0, 0.1) is 6.57 Å². The Labute approximate surface area is 185 Å². The van der Waals surface area contributed by atoms with E-state index in [4.69, 9.17) is 28.3 Å². The highest BCUT2D eigenvalue weighted by Gasteiger charge is 2.39. The van der Waals surface area contributed by atoms with E-state index in [-0.39, 0.29) is 19.4 Å². The lowest BCUT2D eigenvalue weighted by atomic mass is 9.92. The van der Waals surface area contributed by atoms with Crippen LogP contribution < -0.4 is 5.32 Å². The normalized spacial score (nSPS) is 14.3. The van der Waals surface area contributed by atoms with Crippen LogP contribution in [0.2, 0.25) is 0 Å². The van der Waals surface area contributed by atoms with Crippen molar-refractivity contribution in [3.63, 3.8) is 0 Å². The molecule has 0 radical (unpaired) electrons. The smallest absolute Gasteiger partial charge is 0.356 e. The Morgan fingerprint density at radius 2 is 2.00 bits per heavy atom. The molecule has 0 saturated carbocycles. The predicted molar refractivity (Wildman–Crippen MR) is 117 cm³/mol. The maximum absolute atomic E-state index is 13.0. The molecule has 1 rings (SSSR count). The summed E-state index contributed by atoms with van der Waals surface area (Å²) in [5, 5.41) is 1.69. The number of hydrogen-bond donors (Lipinski definition) is 1. The first-order valence-corrected chi connectivity index (χ1v) is 10.2. The molecule has 1 aromatic carbocycles. The molecule has 0 spiro atoms. The second-order valence-corrected chi connectivity index (χ2v) is 8.32. The second-order valence-electron chi connectivity index (χ2n) is 6.44. The van der Waals surface area contributed by atoms with Gasteiger partial charge < -0.3 is 24.4 Å². The van der Waals surface area contributed by atoms with Gasteiger partial charge in [0.15, 0.2) is 0 Å². The van der Waals surface area contributed by atoms with Crippen LogP contribution in [-0.4, -0.2) is 60.4 Å². The van der Waals surface area contributed by atoms with Gasteiger partial charge in [0.05, 0.1) is 29.6 Å². The summed E-state index contributed by atoms with van der Waals surface area (Å²) in [6.07, 6.45) is -0.934. The quantitative estimate of drug-likeness (QED) is 0.129. The molecule has 3 atom stereocenters. The average Bonchev–Trinajstić information content (AvgIpc) is 2.77. The molecule has 0 aliphatic heterocycles. The Bertz CT molecular complexity index is 783. The topological polar surface area (TPSA) is 95.3 Å². The summed E-state index contributed by atoms with van der Waals surface area (Å²) in [6.45, 7) is 9.59. The molecule has 0 heterocycles. The van der Waals surface area contributed by atoms with Crippen LogP contribution in [-0.2, 0) is 28.6 Å². The third-order valence-corrected chi connectivity index (χ3v) is 5.84. The Hall–Kier alpha value is -2.48. The highest BCUT2D eigenvalue weighted by atomic mass is 32.2. The summed E-state index contributed by atoms with van der Waals surface area (Å²) in [6, 6.07) is 9.15. The summed E-state index contributed by atoms with van der Waals surface area (Å²) in [5.74, 6) is -1.28. The Morgan fingerprint density at radius 3 is 2.53 bits per heavy atom. The monoisotopic (exact) mass is 452 g/mol. The standard InChI is InChI=1S/C20H24N2O6S2/c1-20(21-2,10-11-28-13-23)12-15(16(24)22-17(26-3)18(25)27-4)30-19(29)14-8-6-5-7-9-14/h5-9,13,15,17H,10-12H2,1,3-4H3,(H,22,24). The number of thiocarbonyl (C=S) groups is 1. The lowest BCUT2D eigenvalue weighted by molar-refractivity contribution is -0.156. The number of esters is 1. The van der Waals surface area contributed by atoms with Gasteiger partial charge in [-0.15, -0.1) is 11.8 Å². The zero-order valence-corrected chi connectivity index (χ0v) is 18.6. The van der Waals surface area contributed by atoms with Gasteiger partial charge in [-0.1, -0.05) is 42.5 Å². The minimum absolute atomic E-state index is 0.0490. The third-order valence-electron chi connectivity index (χ3n) is 4.20. The Morgan fingerprint density at radius 1 is 1.33 bits per heavy atom. The maximum atomic E-state index is 13.0. The molecule has 30 heavy (non-hydrogen) atoms. The molecule has 8 nitrogen and oxygen atoms in total. The van der Waals surface area contributed by atoms with Gasteiger partial charge in [0.25, 0.3) is 6.47 Å². The lowest BCUT2D eigenvalue weighted by Crippen LogP contribution is -2.47. The largest absolute Gasteiger partial charge is 0.468 e. The molecule has 0 fully saturated rings. The number of hydrogen-bond acceptors (Lipinski definition) is 8. The molecule has 0 saturated heterocycles. The number of methoxy groups -OCH3 is 2. The fourth-order valence-electron chi connectivity index (χ4n) is 2.43. The molecular weight excluding hydrogens is 428 g/mol. The van der Waals surface area contributed by atoms with Crippen molar-refractivity contribution >= 4 is 46.5 Å². The first-order valence-electron chi connectivity index (χ1n) is 8.91. The number of nitrogens with zero attached hydrogens (tertiary/aromatic N) is 1. The van der Waals surface area contributed by atoms with E-state index in [1.165, 1.54) is 14.2 Å². The zero-order valence-electron chi connectivity index (χ0n) is 17.0. The number of carbonyl (C=O) groups is 3. The van der Waals surface area contributed by atoms with Crippen molar-refractivity contribution < 1.29 is 28.6 Å². The number of amides is 1. The molecule has 1 aromatic rings. The first kappa shape index (κ1) is 25.6. The van der Waals surface area contributed by atoms with Gasteiger partial charge in [0, 0.05) is 20.5 Å². The van der Waals surface area contributed by atoms with Gasteiger partial charge in [-0.2, -0.15) is 0 Å². The van der Waals surface area contributed by atoms with Crippen molar-refractivity contribution in [2.75, 3.05) is 20.8 Å². The summed E-state index contributed by atoms with van der Waals surface area (Å²) >= 11 is 6.59. The summed E-state index contributed by atoms with van der Waals surface area (Å²) in [4.78, 5) is 38.8. The molecule has 0 aliphatic carbocycles. The second kappa shape index (κ2) is 13.0. The van der Waals surface area contributed by atoms with Crippen LogP contribution in [0.3, 0.4) is 0 Å². The van der Waals surface area contributed by atoms with Crippen LogP contribution in [0.15, 0.2) is 30.3 Å². The van der Waals surface area contributed by atoms with Gasteiger partial charge in [-0.3, -0.25) is 9.59 Å². The van der Waals surface area contributed by atoms with E-state index in [9.17, 15) is 14.4 Å². The van der Waals surface area contributed by atoms with Crippen LogP contribution in [0.5, 0.6) is 0 Å². The number of benzene rings is 1. The molecule has 0 aromatic heterocycles. The Balaban J connectivity index is 3.06. The van der Waals surface area contributed by atoms with E-state index >= 15 is 0 Å². The molecule has 10 heteroatoms. The van der Waals surface area contributed by atoms with E-state index < -0.39 is 28.9 Å². The van der Waals surface area contributed by atoms with Gasteiger partial charge in [0.2, 0.25) is 17.7 Å². The van der Waals surface area contributed by atoms with Crippen molar-refractivity contribution in [3.05, 3.63) is 47.3 Å². The van der Waals surface area contributed by atoms with E-state index in [0.717, 1.165) is 17.3 Å². The van der Waals surface area contributed by atoms with Gasteiger partial charge in [0.1, 0.15) is 0 Å². The van der Waals surface area contributed by atoms with Crippen molar-refractivity contribution in [1.82, 2.24) is 5.32 Å². The van der Waals surface area contributed by atoms with Crippen LogP contribution in [0.25, 0.3) is 4.85 Å². The van der Waals surface area contributed by atoms with Crippen molar-refractivity contribution in [1.29, 1.82) is 0 Å². The van der Waals surface area contributed by atoms with Crippen molar-refractivity contribution in [3.8, 4) is 0 Å². The minimum Gasteiger partial charge on any atom is -0.468 e. The number of carbonyl (C=O) groups excluding carboxylic acids is 3. The van der Waals surface area contributed by atoms with Crippen LogP contribution in [0.1, 0.15) is 25.3 Å². The number of ether oxygens (including phenoxy) is 3. The molecule has 0 bridgehead atoms. The Kier molecular flexibility index (Phi) is 11.0. The van der Waals surface area contributed by atoms with Gasteiger partial charge in [-0.25, -0.2) is 11.4 Å². The SMILES string of the molecule is [C-]#[N+]C(C)(CCOC=O)CC(SC(=S)c1ccccc1)C(=O)NC(OC)C(=O)OC. The molecule has 1 N–H and O–H groups in total. The van der Waals surface area contributed by atoms with E-state index in [1.54, 1.807) is 6.92 Å². The van der Waals surface area contributed by atoms with Gasteiger partial charge >= 0.3 is 5.97 Å². The molecule has 3 unspecified atom stereocenters. The highest BCUT2D eigenvalue weighted by Crippen LogP contribution is 2.31. The van der Waals surface area contributed by atoms with Crippen molar-refractivity contribution in [2.24, 2.45) is 0 Å². The number of rotatable bonds is 12. The lowest BCUT2D eigenvalue weighted by Gasteiger charge is -2.24. The number of nitrogens with one attached hydrogen (secondary N) is 1. The van der Waals surface area contributed by atoms with Crippen LogP contribution in [0.4, 0.5) is 0 Å². The molecular formula is C20H24N2O6S2. The molecule has 0 aliphatic rings. The van der Waals surface area contributed by atoms with E-state index in [1.807, 2.05) is 30.3 Å². The summed E-state index contributed by atoms with van der Waals surface area (Å²) < 4.78 is 14.8.